The van der Waals surface area contributed by atoms with Gasteiger partial charge >= 0.3 is 0 Å². The normalized spacial score (nSPS) is 20.4. The van der Waals surface area contributed by atoms with Crippen LogP contribution < -0.4 is 10.1 Å². The number of rotatable bonds is 2. The Morgan fingerprint density at radius 2 is 2.14 bits per heavy atom. The van der Waals surface area contributed by atoms with Crippen LogP contribution in [0.15, 0.2) is 12.1 Å². The van der Waals surface area contributed by atoms with Gasteiger partial charge < -0.3 is 10.1 Å². The smallest absolute Gasteiger partial charge is 0.172 e. The maximum atomic E-state index is 13.6. The first kappa shape index (κ1) is 9.40. The molecule has 0 aliphatic carbocycles. The molecule has 1 heterocycles. The van der Waals surface area contributed by atoms with Gasteiger partial charge in [-0.3, -0.25) is 0 Å². The van der Waals surface area contributed by atoms with Crippen LogP contribution in [0.1, 0.15) is 18.0 Å². The molecule has 2 rings (SSSR count). The van der Waals surface area contributed by atoms with E-state index in [0.717, 1.165) is 13.0 Å². The number of methoxy groups -OCH3 is 1. The molecule has 1 aromatic rings. The van der Waals surface area contributed by atoms with E-state index in [4.69, 9.17) is 4.74 Å². The molecule has 0 radical (unpaired) electrons. The summed E-state index contributed by atoms with van der Waals surface area (Å²) in [7, 11) is 1.37. The van der Waals surface area contributed by atoms with Crippen LogP contribution in [-0.2, 0) is 0 Å². The lowest BCUT2D eigenvalue weighted by molar-refractivity contribution is 0.337. The van der Waals surface area contributed by atoms with E-state index in [-0.39, 0.29) is 17.4 Å². The van der Waals surface area contributed by atoms with E-state index >= 15 is 0 Å². The van der Waals surface area contributed by atoms with Gasteiger partial charge in [0, 0.05) is 11.6 Å². The molecule has 4 heteroatoms. The van der Waals surface area contributed by atoms with Crippen LogP contribution in [0.2, 0.25) is 0 Å². The largest absolute Gasteiger partial charge is 0.494 e. The van der Waals surface area contributed by atoms with Crippen molar-refractivity contribution in [1.29, 1.82) is 0 Å². The summed E-state index contributed by atoms with van der Waals surface area (Å²) in [5, 5.41) is 2.96. The predicted octanol–water partition coefficient (Wildman–Crippen LogP) is 2.01. The highest BCUT2D eigenvalue weighted by atomic mass is 19.1. The van der Waals surface area contributed by atoms with Crippen molar-refractivity contribution in [1.82, 2.24) is 5.32 Å². The van der Waals surface area contributed by atoms with E-state index in [2.05, 4.69) is 5.32 Å². The molecule has 0 bridgehead atoms. The lowest BCUT2D eigenvalue weighted by Crippen LogP contribution is -2.36. The second-order valence-electron chi connectivity index (χ2n) is 3.27. The monoisotopic (exact) mass is 199 g/mol. The zero-order valence-electron chi connectivity index (χ0n) is 7.81. The van der Waals surface area contributed by atoms with E-state index in [1.807, 2.05) is 0 Å². The summed E-state index contributed by atoms with van der Waals surface area (Å²) in [5.74, 6) is -1.01. The van der Waals surface area contributed by atoms with Crippen LogP contribution in [-0.4, -0.2) is 13.7 Å². The van der Waals surface area contributed by atoms with Crippen molar-refractivity contribution in [3.05, 3.63) is 29.3 Å². The van der Waals surface area contributed by atoms with Crippen LogP contribution >= 0.6 is 0 Å². The lowest BCUT2D eigenvalue weighted by Gasteiger charge is -2.28. The Labute approximate surface area is 80.9 Å². The first-order valence-corrected chi connectivity index (χ1v) is 4.49. The van der Waals surface area contributed by atoms with E-state index < -0.39 is 11.6 Å². The van der Waals surface area contributed by atoms with Gasteiger partial charge in [0.25, 0.3) is 0 Å². The molecule has 2 nitrogen and oxygen atoms in total. The number of ether oxygens (including phenoxy) is 1. The van der Waals surface area contributed by atoms with Crippen molar-refractivity contribution in [2.75, 3.05) is 13.7 Å². The Morgan fingerprint density at radius 1 is 1.43 bits per heavy atom. The molecule has 1 aromatic carbocycles. The molecule has 0 saturated carbocycles. The Hall–Kier alpha value is -1.16. The van der Waals surface area contributed by atoms with E-state index in [0.29, 0.717) is 0 Å². The first-order valence-electron chi connectivity index (χ1n) is 4.49. The van der Waals surface area contributed by atoms with Crippen molar-refractivity contribution < 1.29 is 13.5 Å². The molecule has 76 valence electrons. The van der Waals surface area contributed by atoms with E-state index in [9.17, 15) is 8.78 Å². The van der Waals surface area contributed by atoms with Crippen molar-refractivity contribution in [2.24, 2.45) is 0 Å². The highest BCUT2D eigenvalue weighted by Gasteiger charge is 2.27. The van der Waals surface area contributed by atoms with Crippen LogP contribution in [0.25, 0.3) is 0 Å². The summed E-state index contributed by atoms with van der Waals surface area (Å²) in [6, 6.07) is 2.33. The minimum atomic E-state index is -0.593. The molecule has 0 amide bonds. The molecule has 0 spiro atoms. The summed E-state index contributed by atoms with van der Waals surface area (Å²) < 4.78 is 31.7. The third-order valence-electron chi connectivity index (χ3n) is 2.48. The molecule has 0 aromatic heterocycles. The van der Waals surface area contributed by atoms with Gasteiger partial charge in [-0.1, -0.05) is 0 Å². The number of benzene rings is 1. The fourth-order valence-electron chi connectivity index (χ4n) is 1.56. The minimum absolute atomic E-state index is 0.0927. The SMILES string of the molecule is COc1ccc(F)c(C2CCN2)c1F. The van der Waals surface area contributed by atoms with Gasteiger partial charge in [-0.15, -0.1) is 0 Å². The van der Waals surface area contributed by atoms with Gasteiger partial charge in [0.05, 0.1) is 7.11 Å². The summed E-state index contributed by atoms with van der Waals surface area (Å²) in [4.78, 5) is 0. The van der Waals surface area contributed by atoms with Crippen molar-refractivity contribution in [2.45, 2.75) is 12.5 Å². The van der Waals surface area contributed by atoms with Crippen molar-refractivity contribution in [3.8, 4) is 5.75 Å². The quantitative estimate of drug-likeness (QED) is 0.786. The Kier molecular flexibility index (Phi) is 2.37. The molecule has 14 heavy (non-hydrogen) atoms. The Balaban J connectivity index is 2.44. The summed E-state index contributed by atoms with van der Waals surface area (Å²) in [5.41, 5.74) is 0.0931. The topological polar surface area (TPSA) is 21.3 Å². The van der Waals surface area contributed by atoms with Gasteiger partial charge in [0.1, 0.15) is 5.82 Å². The second kappa shape index (κ2) is 3.53. The maximum Gasteiger partial charge on any atom is 0.172 e. The lowest BCUT2D eigenvalue weighted by atomic mass is 9.96. The van der Waals surface area contributed by atoms with Crippen LogP contribution in [0.4, 0.5) is 8.78 Å². The van der Waals surface area contributed by atoms with Gasteiger partial charge in [-0.2, -0.15) is 0 Å². The average Bonchev–Trinajstić information content (AvgIpc) is 2.09. The summed E-state index contributed by atoms with van der Waals surface area (Å²) in [6.07, 6.45) is 0.765. The third-order valence-corrected chi connectivity index (χ3v) is 2.48. The Morgan fingerprint density at radius 3 is 2.64 bits per heavy atom. The van der Waals surface area contributed by atoms with Gasteiger partial charge in [-0.25, -0.2) is 8.78 Å². The zero-order valence-corrected chi connectivity index (χ0v) is 7.81. The predicted molar refractivity (Wildman–Crippen MR) is 48.3 cm³/mol. The zero-order chi connectivity index (χ0) is 10.1. The molecule has 1 aliphatic heterocycles. The molecular weight excluding hydrogens is 188 g/mol. The molecular formula is C10H11F2NO. The minimum Gasteiger partial charge on any atom is -0.494 e. The summed E-state index contributed by atoms with van der Waals surface area (Å²) >= 11 is 0. The van der Waals surface area contributed by atoms with Crippen LogP contribution in [0, 0.1) is 11.6 Å². The highest BCUT2D eigenvalue weighted by molar-refractivity contribution is 5.35. The van der Waals surface area contributed by atoms with E-state index in [1.54, 1.807) is 0 Å². The highest BCUT2D eigenvalue weighted by Crippen LogP contribution is 2.32. The van der Waals surface area contributed by atoms with Crippen LogP contribution in [0.5, 0.6) is 5.75 Å². The molecule has 1 saturated heterocycles. The molecule has 1 N–H and O–H groups in total. The van der Waals surface area contributed by atoms with Crippen molar-refractivity contribution >= 4 is 0 Å². The van der Waals surface area contributed by atoms with Gasteiger partial charge in [-0.05, 0) is 25.1 Å². The molecule has 1 aliphatic rings. The third kappa shape index (κ3) is 1.35. The summed E-state index contributed by atoms with van der Waals surface area (Å²) in [6.45, 7) is 0.806. The molecule has 1 atom stereocenters. The number of hydrogen-bond acceptors (Lipinski definition) is 2. The van der Waals surface area contributed by atoms with Crippen LogP contribution in [0.3, 0.4) is 0 Å². The average molecular weight is 199 g/mol. The van der Waals surface area contributed by atoms with Crippen molar-refractivity contribution in [3.63, 3.8) is 0 Å². The Bertz CT molecular complexity index is 350. The molecule has 1 fully saturated rings. The van der Waals surface area contributed by atoms with Gasteiger partial charge in [0.2, 0.25) is 0 Å². The fourth-order valence-corrected chi connectivity index (χ4v) is 1.56. The van der Waals surface area contributed by atoms with E-state index in [1.165, 1.54) is 19.2 Å². The number of nitrogens with one attached hydrogen (secondary N) is 1. The first-order chi connectivity index (χ1) is 6.74. The fraction of sp³-hybridized carbons (Fsp3) is 0.400. The second-order valence-corrected chi connectivity index (χ2v) is 3.27. The standard InChI is InChI=1S/C10H11F2NO/c1-14-8-3-2-6(11)9(10(8)12)7-4-5-13-7/h2-3,7,13H,4-5H2,1H3. The molecule has 1 unspecified atom stereocenters. The van der Waals surface area contributed by atoms with Gasteiger partial charge in [0.15, 0.2) is 11.6 Å². The number of hydrogen-bond donors (Lipinski definition) is 1. The maximum absolute atomic E-state index is 13.6. The number of halogens is 2.